The average Bonchev–Trinajstić information content (AvgIpc) is 2.86. The first-order valence-electron chi connectivity index (χ1n) is 4.87. The van der Waals surface area contributed by atoms with Crippen molar-refractivity contribution in [2.24, 2.45) is 0 Å². The van der Waals surface area contributed by atoms with Crippen LogP contribution in [0, 0.1) is 19.4 Å². The number of rotatable bonds is 1. The molecule has 0 unspecified atom stereocenters. The second-order valence-electron chi connectivity index (χ2n) is 3.39. The minimum atomic E-state index is 0.359. The van der Waals surface area contributed by atoms with Crippen molar-refractivity contribution in [1.29, 1.82) is 0 Å². The van der Waals surface area contributed by atoms with Gasteiger partial charge in [-0.05, 0) is 19.1 Å². The Hall–Kier alpha value is -2.12. The van der Waals surface area contributed by atoms with Crippen LogP contribution < -0.4 is 5.32 Å². The lowest BCUT2D eigenvalue weighted by molar-refractivity contribution is 1.11. The van der Waals surface area contributed by atoms with E-state index in [2.05, 4.69) is 32.4 Å². The fourth-order valence-electron chi connectivity index (χ4n) is 1.20. The molecule has 0 amide bonds. The summed E-state index contributed by atoms with van der Waals surface area (Å²) in [5.41, 5.74) is 3.41. The lowest BCUT2D eigenvalue weighted by Crippen LogP contribution is -1.96. The standard InChI is InChI=1S/C7H6ClN3.C5H3N/c1-3-9-7-10-5(2)4-6(8)11-7;1-4-2-6-3-5(1)4/h1,4H,2H3,(H,9,10,11);1-3H. The highest BCUT2D eigenvalue weighted by Gasteiger charge is 2.08. The minimum absolute atomic E-state index is 0.359. The Morgan fingerprint density at radius 3 is 2.35 bits per heavy atom. The molecule has 5 heteroatoms. The number of aromatic nitrogens is 3. The molecule has 1 N–H and O–H groups in total. The molecule has 0 saturated carbocycles. The molecule has 1 aliphatic carbocycles. The third kappa shape index (κ3) is 3.16. The number of nitrogens with zero attached hydrogens (tertiary/aromatic N) is 3. The van der Waals surface area contributed by atoms with E-state index in [1.54, 1.807) is 6.07 Å². The van der Waals surface area contributed by atoms with Gasteiger partial charge in [0.2, 0.25) is 5.95 Å². The van der Waals surface area contributed by atoms with Crippen LogP contribution in [0.1, 0.15) is 5.69 Å². The summed E-state index contributed by atoms with van der Waals surface area (Å²) >= 11 is 5.63. The van der Waals surface area contributed by atoms with E-state index in [1.165, 1.54) is 11.1 Å². The maximum absolute atomic E-state index is 5.63. The van der Waals surface area contributed by atoms with Gasteiger partial charge in [0.05, 0.1) is 0 Å². The highest BCUT2D eigenvalue weighted by Crippen LogP contribution is 2.30. The maximum Gasteiger partial charge on any atom is 0.236 e. The maximum atomic E-state index is 5.63. The van der Waals surface area contributed by atoms with Gasteiger partial charge in [-0.1, -0.05) is 18.0 Å². The monoisotopic (exact) mass is 244 g/mol. The second kappa shape index (κ2) is 4.81. The summed E-state index contributed by atoms with van der Waals surface area (Å²) in [4.78, 5) is 11.7. The highest BCUT2D eigenvalue weighted by molar-refractivity contribution is 6.29. The molecule has 1 aromatic heterocycles. The molecule has 0 aromatic carbocycles. The van der Waals surface area contributed by atoms with Crippen molar-refractivity contribution >= 4 is 17.5 Å². The molecule has 0 atom stereocenters. The van der Waals surface area contributed by atoms with Crippen molar-refractivity contribution in [2.45, 2.75) is 6.92 Å². The molecule has 4 nitrogen and oxygen atoms in total. The number of terminal acetylenes is 1. The van der Waals surface area contributed by atoms with Crippen LogP contribution in [0.15, 0.2) is 24.5 Å². The molecule has 2 heterocycles. The topological polar surface area (TPSA) is 50.7 Å². The van der Waals surface area contributed by atoms with Gasteiger partial charge in [-0.3, -0.25) is 10.3 Å². The number of halogens is 1. The van der Waals surface area contributed by atoms with Crippen LogP contribution in [-0.2, 0) is 0 Å². The van der Waals surface area contributed by atoms with Crippen molar-refractivity contribution in [3.63, 3.8) is 0 Å². The molecule has 2 aliphatic rings. The van der Waals surface area contributed by atoms with Crippen LogP contribution in [0.25, 0.3) is 11.1 Å². The Labute approximate surface area is 104 Å². The quantitative estimate of drug-likeness (QED) is 0.406. The van der Waals surface area contributed by atoms with Crippen molar-refractivity contribution < 1.29 is 0 Å². The molecule has 3 rings (SSSR count). The second-order valence-corrected chi connectivity index (χ2v) is 3.77. The smallest absolute Gasteiger partial charge is 0.236 e. The molecule has 1 aromatic rings. The Morgan fingerprint density at radius 1 is 1.24 bits per heavy atom. The lowest BCUT2D eigenvalue weighted by Gasteiger charge is -1.97. The Bertz CT molecular complexity index is 552. The van der Waals surface area contributed by atoms with Gasteiger partial charge in [-0.15, -0.1) is 0 Å². The van der Waals surface area contributed by atoms with E-state index in [9.17, 15) is 0 Å². The summed E-state index contributed by atoms with van der Waals surface area (Å²) < 4.78 is 0. The van der Waals surface area contributed by atoms with Crippen molar-refractivity contribution in [1.82, 2.24) is 15.0 Å². The zero-order valence-corrected chi connectivity index (χ0v) is 9.86. The van der Waals surface area contributed by atoms with Gasteiger partial charge in [0.15, 0.2) is 0 Å². The zero-order valence-electron chi connectivity index (χ0n) is 9.11. The number of aryl methyl sites for hydroxylation is 1. The molecular weight excluding hydrogens is 236 g/mol. The van der Waals surface area contributed by atoms with E-state index < -0.39 is 0 Å². The van der Waals surface area contributed by atoms with Crippen LogP contribution in [-0.4, -0.2) is 15.0 Å². The first-order chi connectivity index (χ1) is 8.19. The van der Waals surface area contributed by atoms with E-state index in [1.807, 2.05) is 19.3 Å². The molecule has 17 heavy (non-hydrogen) atoms. The number of pyridine rings is 1. The normalized spacial score (nSPS) is 9.71. The Kier molecular flexibility index (Phi) is 3.22. The molecule has 1 aliphatic heterocycles. The predicted molar refractivity (Wildman–Crippen MR) is 67.5 cm³/mol. The first kappa shape index (κ1) is 11.4. The number of anilines is 1. The summed E-state index contributed by atoms with van der Waals surface area (Å²) in [7, 11) is 0. The van der Waals surface area contributed by atoms with Crippen molar-refractivity contribution in [3.8, 4) is 23.6 Å². The number of nitrogens with one attached hydrogen (secondary N) is 1. The van der Waals surface area contributed by atoms with E-state index >= 15 is 0 Å². The fraction of sp³-hybridized carbons (Fsp3) is 0.0833. The van der Waals surface area contributed by atoms with Gasteiger partial charge >= 0.3 is 0 Å². The molecule has 0 fully saturated rings. The number of fused-ring (bicyclic) bond motifs is 1. The largest absolute Gasteiger partial charge is 0.283 e. The molecular formula is C12H9ClN4. The summed E-state index contributed by atoms with van der Waals surface area (Å²) in [5.74, 6) is 0.359. The summed E-state index contributed by atoms with van der Waals surface area (Å²) in [6.45, 7) is 1.81. The van der Waals surface area contributed by atoms with Crippen LogP contribution in [0.4, 0.5) is 5.95 Å². The van der Waals surface area contributed by atoms with Crippen LogP contribution >= 0.6 is 11.6 Å². The van der Waals surface area contributed by atoms with Crippen molar-refractivity contribution in [3.05, 3.63) is 35.4 Å². The van der Waals surface area contributed by atoms with Gasteiger partial charge in [0.1, 0.15) is 5.15 Å². The number of hydrogen-bond donors (Lipinski definition) is 1. The number of hydrogen-bond acceptors (Lipinski definition) is 4. The molecule has 84 valence electrons. The van der Waals surface area contributed by atoms with E-state index in [0.717, 1.165) is 5.69 Å². The van der Waals surface area contributed by atoms with Crippen molar-refractivity contribution in [2.75, 3.05) is 5.32 Å². The van der Waals surface area contributed by atoms with E-state index in [4.69, 9.17) is 18.0 Å². The van der Waals surface area contributed by atoms with Crippen LogP contribution in [0.5, 0.6) is 0 Å². The first-order valence-corrected chi connectivity index (χ1v) is 5.25. The van der Waals surface area contributed by atoms with Gasteiger partial charge in [-0.2, -0.15) is 0 Å². The van der Waals surface area contributed by atoms with Crippen LogP contribution in [0.2, 0.25) is 5.15 Å². The SMILES string of the molecule is C#CNc1nc(C)cc(Cl)n1.c1ncc2cc1-2. The summed E-state index contributed by atoms with van der Waals surface area (Å²) in [5, 5.41) is 2.89. The van der Waals surface area contributed by atoms with E-state index in [-0.39, 0.29) is 0 Å². The van der Waals surface area contributed by atoms with Gasteiger partial charge in [0, 0.05) is 35.3 Å². The molecule has 0 bridgehead atoms. The van der Waals surface area contributed by atoms with Gasteiger partial charge in [0.25, 0.3) is 0 Å². The van der Waals surface area contributed by atoms with E-state index in [0.29, 0.717) is 11.1 Å². The van der Waals surface area contributed by atoms with Gasteiger partial charge < -0.3 is 0 Å². The molecule has 0 spiro atoms. The average molecular weight is 245 g/mol. The predicted octanol–water partition coefficient (Wildman–Crippen LogP) is 2.50. The Balaban J connectivity index is 0.000000148. The molecule has 0 radical (unpaired) electrons. The van der Waals surface area contributed by atoms with Crippen LogP contribution in [0.3, 0.4) is 0 Å². The third-order valence-corrected chi connectivity index (χ3v) is 2.19. The summed E-state index contributed by atoms with van der Waals surface area (Å²) in [6.07, 6.45) is 8.72. The lowest BCUT2D eigenvalue weighted by atomic mass is 10.5. The fourth-order valence-corrected chi connectivity index (χ4v) is 1.44. The third-order valence-electron chi connectivity index (χ3n) is 2.00. The zero-order chi connectivity index (χ0) is 12.3. The highest BCUT2D eigenvalue weighted by atomic mass is 35.5. The molecule has 0 saturated heterocycles. The summed E-state index contributed by atoms with van der Waals surface area (Å²) in [6, 6.07) is 5.96. The Morgan fingerprint density at radius 2 is 1.94 bits per heavy atom. The van der Waals surface area contributed by atoms with Gasteiger partial charge in [-0.25, -0.2) is 9.97 Å². The minimum Gasteiger partial charge on any atom is -0.283 e.